The Morgan fingerprint density at radius 1 is 0.978 bits per heavy atom. The highest BCUT2D eigenvalue weighted by atomic mass is 16.5. The molecule has 10 nitrogen and oxygen atoms in total. The van der Waals surface area contributed by atoms with Crippen LogP contribution in [0.2, 0.25) is 0 Å². The van der Waals surface area contributed by atoms with Crippen LogP contribution in [0.15, 0.2) is 60.8 Å². The summed E-state index contributed by atoms with van der Waals surface area (Å²) in [5.74, 6) is 0.206. The number of aryl methyl sites for hydroxylation is 1. The molecule has 1 aliphatic heterocycles. The van der Waals surface area contributed by atoms with Crippen LogP contribution in [-0.2, 0) is 22.6 Å². The summed E-state index contributed by atoms with van der Waals surface area (Å²) >= 11 is 0. The maximum Gasteiger partial charge on any atom is 0.253 e. The van der Waals surface area contributed by atoms with Gasteiger partial charge in [-0.05, 0) is 87.7 Å². The second-order valence-electron chi connectivity index (χ2n) is 12.1. The zero-order chi connectivity index (χ0) is 32.7. The fourth-order valence-corrected chi connectivity index (χ4v) is 5.39. The number of hydrogen-bond acceptors (Lipinski definition) is 7. The molecule has 1 aromatic heterocycles. The van der Waals surface area contributed by atoms with Gasteiger partial charge in [0.2, 0.25) is 11.8 Å². The van der Waals surface area contributed by atoms with Crippen LogP contribution >= 0.6 is 0 Å². The minimum atomic E-state index is -1.14. The van der Waals surface area contributed by atoms with E-state index in [1.807, 2.05) is 87.7 Å². The summed E-state index contributed by atoms with van der Waals surface area (Å²) in [5, 5.41) is 3.42. The van der Waals surface area contributed by atoms with E-state index in [0.29, 0.717) is 55.5 Å². The van der Waals surface area contributed by atoms with Gasteiger partial charge in [0.05, 0.1) is 18.0 Å². The van der Waals surface area contributed by atoms with Crippen LogP contribution < -0.4 is 24.8 Å². The summed E-state index contributed by atoms with van der Waals surface area (Å²) in [6.07, 6.45) is 3.35. The fourth-order valence-electron chi connectivity index (χ4n) is 5.39. The first-order valence-electron chi connectivity index (χ1n) is 15.5. The van der Waals surface area contributed by atoms with Crippen molar-refractivity contribution in [3.8, 4) is 5.75 Å². The minimum Gasteiger partial charge on any atom is -0.494 e. The monoisotopic (exact) mass is 614 g/mol. The molecule has 0 fully saturated rings. The second kappa shape index (κ2) is 14.6. The number of rotatable bonds is 13. The smallest absolute Gasteiger partial charge is 0.253 e. The van der Waals surface area contributed by atoms with Crippen molar-refractivity contribution in [3.05, 3.63) is 77.6 Å². The highest BCUT2D eigenvalue weighted by molar-refractivity contribution is 6.20. The van der Waals surface area contributed by atoms with E-state index in [0.717, 1.165) is 29.8 Å². The number of carbonyl (C=O) groups excluding carboxylic acids is 3. The topological polar surface area (TPSA) is 98.3 Å². The lowest BCUT2D eigenvalue weighted by atomic mass is 9.90. The van der Waals surface area contributed by atoms with Gasteiger partial charge in [-0.15, -0.1) is 0 Å². The summed E-state index contributed by atoms with van der Waals surface area (Å²) in [5.41, 5.74) is 4.08. The molecule has 3 aromatic rings. The average molecular weight is 615 g/mol. The number of ether oxygens (including phenoxy) is 1. The number of likely N-dealkylation sites (N-methyl/N-ethyl adjacent to an activating group) is 1. The number of amides is 3. The second-order valence-corrected chi connectivity index (χ2v) is 12.1. The van der Waals surface area contributed by atoms with Gasteiger partial charge in [0.15, 0.2) is 0 Å². The van der Waals surface area contributed by atoms with E-state index in [1.54, 1.807) is 35.6 Å². The van der Waals surface area contributed by atoms with Gasteiger partial charge in [-0.3, -0.25) is 19.4 Å². The summed E-state index contributed by atoms with van der Waals surface area (Å²) in [7, 11) is 7.48. The highest BCUT2D eigenvalue weighted by Gasteiger charge is 2.45. The lowest BCUT2D eigenvalue weighted by molar-refractivity contribution is -0.137. The van der Waals surface area contributed by atoms with E-state index in [4.69, 9.17) is 4.74 Å². The molecular weight excluding hydrogens is 568 g/mol. The molecule has 0 spiro atoms. The molecule has 0 atom stereocenters. The SMILES string of the molecule is CCN1C(=O)C(C)(C)C(=O)N(C)c2cc(OCCCc3cc(CNCCN(C)C(=O)c4ccc(N(C)C)cc4)ccn3)ccc21. The molecule has 3 amide bonds. The molecule has 0 aliphatic carbocycles. The van der Waals surface area contributed by atoms with Crippen molar-refractivity contribution < 1.29 is 19.1 Å². The standard InChI is InChI=1S/C35H46N6O4/c1-8-41-30-16-15-29(23-31(30)40(7)33(43)35(2,3)34(41)44)45-21-9-10-27-22-25(17-18-37-27)24-36-19-20-39(6)32(42)26-11-13-28(14-12-26)38(4)5/h11-18,22-23,36H,8-10,19-21,24H2,1-7H3. The molecule has 1 N–H and O–H groups in total. The molecule has 0 bridgehead atoms. The molecule has 2 aromatic carbocycles. The van der Waals surface area contributed by atoms with Gasteiger partial charge in [-0.2, -0.15) is 0 Å². The average Bonchev–Trinajstić information content (AvgIpc) is 3.09. The van der Waals surface area contributed by atoms with E-state index in [2.05, 4.69) is 16.4 Å². The van der Waals surface area contributed by atoms with Crippen LogP contribution in [-0.4, -0.2) is 82.0 Å². The summed E-state index contributed by atoms with van der Waals surface area (Å²) in [6, 6.07) is 17.3. The third-order valence-electron chi connectivity index (χ3n) is 8.19. The maximum absolute atomic E-state index is 13.1. The Labute approximate surface area is 267 Å². The Morgan fingerprint density at radius 3 is 2.40 bits per heavy atom. The molecule has 45 heavy (non-hydrogen) atoms. The number of hydrogen-bond donors (Lipinski definition) is 1. The molecule has 240 valence electrons. The number of carbonyl (C=O) groups is 3. The molecule has 1 aliphatic rings. The normalized spacial score (nSPS) is 14.2. The van der Waals surface area contributed by atoms with Crippen molar-refractivity contribution in [2.45, 2.75) is 40.2 Å². The molecule has 4 rings (SSSR count). The van der Waals surface area contributed by atoms with E-state index in [-0.39, 0.29) is 17.7 Å². The molecule has 2 heterocycles. The Bertz CT molecular complexity index is 1500. The molecule has 10 heteroatoms. The Hall–Kier alpha value is -4.44. The van der Waals surface area contributed by atoms with Crippen LogP contribution in [0.1, 0.15) is 48.8 Å². The third-order valence-corrected chi connectivity index (χ3v) is 8.19. The largest absolute Gasteiger partial charge is 0.494 e. The third kappa shape index (κ3) is 7.81. The van der Waals surface area contributed by atoms with Gasteiger partial charge in [-0.1, -0.05) is 0 Å². The quantitative estimate of drug-likeness (QED) is 0.226. The molecule has 0 radical (unpaired) electrons. The van der Waals surface area contributed by atoms with Gasteiger partial charge < -0.3 is 29.7 Å². The maximum atomic E-state index is 13.1. The van der Waals surface area contributed by atoms with Crippen molar-refractivity contribution in [3.63, 3.8) is 0 Å². The molecule has 0 saturated carbocycles. The lowest BCUT2D eigenvalue weighted by Crippen LogP contribution is -2.47. The number of benzene rings is 2. The zero-order valence-corrected chi connectivity index (χ0v) is 27.6. The number of anilines is 3. The van der Waals surface area contributed by atoms with E-state index >= 15 is 0 Å². The van der Waals surface area contributed by atoms with E-state index in [1.165, 1.54) is 0 Å². The first kappa shape index (κ1) is 33.5. The molecular formula is C35H46N6O4. The van der Waals surface area contributed by atoms with Crippen molar-refractivity contribution in [2.24, 2.45) is 5.41 Å². The Balaban J connectivity index is 1.23. The lowest BCUT2D eigenvalue weighted by Gasteiger charge is -2.27. The highest BCUT2D eigenvalue weighted by Crippen LogP contribution is 2.40. The van der Waals surface area contributed by atoms with Gasteiger partial charge in [0.25, 0.3) is 5.91 Å². The van der Waals surface area contributed by atoms with Gasteiger partial charge >= 0.3 is 0 Å². The van der Waals surface area contributed by atoms with Gasteiger partial charge in [0, 0.05) is 83.6 Å². The van der Waals surface area contributed by atoms with Gasteiger partial charge in [-0.25, -0.2) is 0 Å². The van der Waals surface area contributed by atoms with Crippen molar-refractivity contribution >= 4 is 34.8 Å². The summed E-state index contributed by atoms with van der Waals surface area (Å²) in [4.78, 5) is 50.4. The molecule has 0 unspecified atom stereocenters. The number of aromatic nitrogens is 1. The Kier molecular flexibility index (Phi) is 10.8. The van der Waals surface area contributed by atoms with Crippen LogP contribution in [0.4, 0.5) is 17.1 Å². The van der Waals surface area contributed by atoms with Crippen LogP contribution in [0.5, 0.6) is 5.75 Å². The first-order chi connectivity index (χ1) is 21.4. The fraction of sp³-hybridized carbons (Fsp3) is 0.429. The van der Waals surface area contributed by atoms with Crippen molar-refractivity contribution in [1.29, 1.82) is 0 Å². The van der Waals surface area contributed by atoms with Gasteiger partial charge in [0.1, 0.15) is 11.2 Å². The number of nitrogens with one attached hydrogen (secondary N) is 1. The van der Waals surface area contributed by atoms with E-state index < -0.39 is 5.41 Å². The predicted octanol–water partition coefficient (Wildman–Crippen LogP) is 4.38. The summed E-state index contributed by atoms with van der Waals surface area (Å²) in [6.45, 7) is 8.17. The van der Waals surface area contributed by atoms with Crippen LogP contribution in [0, 0.1) is 5.41 Å². The first-order valence-corrected chi connectivity index (χ1v) is 15.5. The van der Waals surface area contributed by atoms with Crippen molar-refractivity contribution in [2.75, 3.05) is 69.1 Å². The number of fused-ring (bicyclic) bond motifs is 1. The molecule has 0 saturated heterocycles. The Morgan fingerprint density at radius 2 is 1.71 bits per heavy atom. The minimum absolute atomic E-state index is 0.00361. The van der Waals surface area contributed by atoms with Crippen LogP contribution in [0.3, 0.4) is 0 Å². The van der Waals surface area contributed by atoms with E-state index in [9.17, 15) is 14.4 Å². The van der Waals surface area contributed by atoms with Crippen molar-refractivity contribution in [1.82, 2.24) is 15.2 Å². The summed E-state index contributed by atoms with van der Waals surface area (Å²) < 4.78 is 6.05. The zero-order valence-electron chi connectivity index (χ0n) is 27.6. The number of pyridine rings is 1. The predicted molar refractivity (Wildman–Crippen MR) is 179 cm³/mol. The number of nitrogens with zero attached hydrogens (tertiary/aromatic N) is 5. The van der Waals surface area contributed by atoms with Crippen LogP contribution in [0.25, 0.3) is 0 Å².